The van der Waals surface area contributed by atoms with Crippen molar-refractivity contribution in [1.82, 2.24) is 9.97 Å². The van der Waals surface area contributed by atoms with Crippen molar-refractivity contribution in [2.24, 2.45) is 0 Å². The summed E-state index contributed by atoms with van der Waals surface area (Å²) in [6, 6.07) is 15.2. The number of thioether (sulfide) groups is 1. The third-order valence-electron chi connectivity index (χ3n) is 3.61. The van der Waals surface area contributed by atoms with Crippen LogP contribution in [0.1, 0.15) is 28.5 Å². The van der Waals surface area contributed by atoms with Gasteiger partial charge in [0, 0.05) is 23.1 Å². The first-order chi connectivity index (χ1) is 12.5. The molecule has 0 radical (unpaired) electrons. The number of benzene rings is 2. The average Bonchev–Trinajstić information content (AvgIpc) is 2.61. The number of carbonyl (C=O) groups is 1. The van der Waals surface area contributed by atoms with E-state index < -0.39 is 0 Å². The summed E-state index contributed by atoms with van der Waals surface area (Å²) >= 11 is 1.35. The maximum Gasteiger partial charge on any atom is 0.223 e. The van der Waals surface area contributed by atoms with E-state index in [0.717, 1.165) is 5.69 Å². The van der Waals surface area contributed by atoms with Crippen LogP contribution in [0.4, 0.5) is 4.39 Å². The van der Waals surface area contributed by atoms with Crippen LogP contribution >= 0.6 is 11.8 Å². The van der Waals surface area contributed by atoms with Crippen molar-refractivity contribution < 1.29 is 13.9 Å². The molecule has 3 rings (SSSR count). The zero-order valence-electron chi connectivity index (χ0n) is 14.4. The van der Waals surface area contributed by atoms with E-state index in [2.05, 4.69) is 9.97 Å². The predicted octanol–water partition coefficient (Wildman–Crippen LogP) is 5.21. The van der Waals surface area contributed by atoms with E-state index in [4.69, 9.17) is 4.74 Å². The Hall–Kier alpha value is -2.73. The first-order valence-electron chi connectivity index (χ1n) is 8.02. The van der Waals surface area contributed by atoms with Crippen molar-refractivity contribution in [3.05, 3.63) is 77.2 Å². The molecule has 1 aromatic heterocycles. The van der Waals surface area contributed by atoms with E-state index in [1.165, 1.54) is 24.8 Å². The molecule has 1 heterocycles. The summed E-state index contributed by atoms with van der Waals surface area (Å²) in [5, 5.41) is 0.517. The molecule has 0 N–H and O–H groups in total. The molecule has 132 valence electrons. The van der Waals surface area contributed by atoms with Crippen molar-refractivity contribution in [3.8, 4) is 11.6 Å². The highest BCUT2D eigenvalue weighted by atomic mass is 32.2. The van der Waals surface area contributed by atoms with Crippen LogP contribution in [0.25, 0.3) is 0 Å². The molecule has 0 fully saturated rings. The predicted molar refractivity (Wildman–Crippen MR) is 99.3 cm³/mol. The molecule has 0 bridgehead atoms. The average molecular weight is 368 g/mol. The molecule has 26 heavy (non-hydrogen) atoms. The standard InChI is InChI=1S/C20H17FN2O2S/c1-13-11-19(25-17-9-7-15(8-10-17)14(2)24)23-20(22-13)26-12-16-5-3-4-6-18(16)21/h3-11H,12H2,1-2H3. The smallest absolute Gasteiger partial charge is 0.223 e. The molecule has 0 atom stereocenters. The maximum absolute atomic E-state index is 13.7. The van der Waals surface area contributed by atoms with Gasteiger partial charge in [0.1, 0.15) is 11.6 Å². The van der Waals surface area contributed by atoms with Crippen LogP contribution < -0.4 is 4.74 Å². The van der Waals surface area contributed by atoms with Gasteiger partial charge < -0.3 is 4.74 Å². The largest absolute Gasteiger partial charge is 0.439 e. The van der Waals surface area contributed by atoms with Gasteiger partial charge in [0.05, 0.1) is 0 Å². The fourth-order valence-corrected chi connectivity index (χ4v) is 3.15. The minimum atomic E-state index is -0.241. The number of nitrogens with zero attached hydrogens (tertiary/aromatic N) is 2. The normalized spacial score (nSPS) is 10.6. The van der Waals surface area contributed by atoms with Gasteiger partial charge in [0.2, 0.25) is 5.88 Å². The minimum absolute atomic E-state index is 0.00117. The molecule has 0 unspecified atom stereocenters. The quantitative estimate of drug-likeness (QED) is 0.339. The molecule has 0 saturated carbocycles. The number of hydrogen-bond donors (Lipinski definition) is 0. The van der Waals surface area contributed by atoms with Gasteiger partial charge in [0.15, 0.2) is 10.9 Å². The Balaban J connectivity index is 1.73. The summed E-state index contributed by atoms with van der Waals surface area (Å²) in [4.78, 5) is 20.1. The van der Waals surface area contributed by atoms with Gasteiger partial charge in [-0.25, -0.2) is 9.37 Å². The molecule has 2 aromatic carbocycles. The lowest BCUT2D eigenvalue weighted by Gasteiger charge is -2.08. The molecule has 0 amide bonds. The summed E-state index contributed by atoms with van der Waals surface area (Å²) in [6.07, 6.45) is 0. The molecular formula is C20H17FN2O2S. The molecule has 0 spiro atoms. The lowest BCUT2D eigenvalue weighted by atomic mass is 10.1. The van der Waals surface area contributed by atoms with Gasteiger partial charge in [-0.15, -0.1) is 0 Å². The third-order valence-corrected chi connectivity index (χ3v) is 4.50. The molecule has 0 aliphatic rings. The van der Waals surface area contributed by atoms with Crippen LogP contribution in [-0.4, -0.2) is 15.8 Å². The summed E-state index contributed by atoms with van der Waals surface area (Å²) in [7, 11) is 0. The fourth-order valence-electron chi connectivity index (χ4n) is 2.27. The van der Waals surface area contributed by atoms with E-state index >= 15 is 0 Å². The molecule has 0 aliphatic carbocycles. The summed E-state index contributed by atoms with van der Waals surface area (Å²) in [5.74, 6) is 1.18. The van der Waals surface area contributed by atoms with Crippen molar-refractivity contribution in [2.45, 2.75) is 24.8 Å². The number of ketones is 1. The van der Waals surface area contributed by atoms with Crippen molar-refractivity contribution in [1.29, 1.82) is 0 Å². The number of ether oxygens (including phenoxy) is 1. The second-order valence-electron chi connectivity index (χ2n) is 5.69. The van der Waals surface area contributed by atoms with Gasteiger partial charge in [-0.2, -0.15) is 4.98 Å². The van der Waals surface area contributed by atoms with Crippen LogP contribution in [0.5, 0.6) is 11.6 Å². The SMILES string of the molecule is CC(=O)c1ccc(Oc2cc(C)nc(SCc3ccccc3F)n2)cc1. The number of rotatable bonds is 6. The van der Waals surface area contributed by atoms with Crippen LogP contribution in [0, 0.1) is 12.7 Å². The topological polar surface area (TPSA) is 52.1 Å². The zero-order chi connectivity index (χ0) is 18.5. The lowest BCUT2D eigenvalue weighted by molar-refractivity contribution is 0.101. The van der Waals surface area contributed by atoms with Gasteiger partial charge >= 0.3 is 0 Å². The minimum Gasteiger partial charge on any atom is -0.439 e. The first-order valence-corrected chi connectivity index (χ1v) is 9.00. The number of Topliss-reactive ketones (excluding diaryl/α,β-unsaturated/α-hetero) is 1. The van der Waals surface area contributed by atoms with Gasteiger partial charge in [-0.1, -0.05) is 30.0 Å². The van der Waals surface area contributed by atoms with E-state index in [1.54, 1.807) is 48.5 Å². The number of aromatic nitrogens is 2. The van der Waals surface area contributed by atoms with Crippen LogP contribution in [0.3, 0.4) is 0 Å². The van der Waals surface area contributed by atoms with Crippen molar-refractivity contribution >= 4 is 17.5 Å². The molecule has 4 nitrogen and oxygen atoms in total. The zero-order valence-corrected chi connectivity index (χ0v) is 15.2. The highest BCUT2D eigenvalue weighted by Gasteiger charge is 2.08. The molecule has 0 saturated heterocycles. The first kappa shape index (κ1) is 18.1. The van der Waals surface area contributed by atoms with E-state index in [0.29, 0.717) is 33.7 Å². The van der Waals surface area contributed by atoms with Crippen molar-refractivity contribution in [2.75, 3.05) is 0 Å². The van der Waals surface area contributed by atoms with E-state index in [1.807, 2.05) is 6.92 Å². The molecule has 3 aromatic rings. The van der Waals surface area contributed by atoms with Crippen LogP contribution in [0.2, 0.25) is 0 Å². The van der Waals surface area contributed by atoms with Crippen LogP contribution in [-0.2, 0) is 5.75 Å². The number of hydrogen-bond acceptors (Lipinski definition) is 5. The number of carbonyl (C=O) groups excluding carboxylic acids is 1. The Bertz CT molecular complexity index is 929. The molecule has 6 heteroatoms. The fraction of sp³-hybridized carbons (Fsp3) is 0.150. The Morgan fingerprint density at radius 3 is 2.54 bits per heavy atom. The third kappa shape index (κ3) is 4.67. The highest BCUT2D eigenvalue weighted by molar-refractivity contribution is 7.98. The van der Waals surface area contributed by atoms with Crippen LogP contribution in [0.15, 0.2) is 59.8 Å². The second-order valence-corrected chi connectivity index (χ2v) is 6.64. The van der Waals surface area contributed by atoms with E-state index in [-0.39, 0.29) is 11.6 Å². The monoisotopic (exact) mass is 368 g/mol. The highest BCUT2D eigenvalue weighted by Crippen LogP contribution is 2.26. The number of aryl methyl sites for hydroxylation is 1. The van der Waals surface area contributed by atoms with Crippen molar-refractivity contribution in [3.63, 3.8) is 0 Å². The Morgan fingerprint density at radius 2 is 1.85 bits per heavy atom. The summed E-state index contributed by atoms with van der Waals surface area (Å²) < 4.78 is 19.5. The van der Waals surface area contributed by atoms with Gasteiger partial charge in [-0.3, -0.25) is 4.79 Å². The lowest BCUT2D eigenvalue weighted by Crippen LogP contribution is -1.96. The number of halogens is 1. The Morgan fingerprint density at radius 1 is 1.12 bits per heavy atom. The molecular weight excluding hydrogens is 351 g/mol. The summed E-state index contributed by atoms with van der Waals surface area (Å²) in [5.41, 5.74) is 1.98. The van der Waals surface area contributed by atoms with E-state index in [9.17, 15) is 9.18 Å². The van der Waals surface area contributed by atoms with Gasteiger partial charge in [0.25, 0.3) is 0 Å². The maximum atomic E-state index is 13.7. The second kappa shape index (κ2) is 8.10. The van der Waals surface area contributed by atoms with Gasteiger partial charge in [-0.05, 0) is 49.7 Å². The summed E-state index contributed by atoms with van der Waals surface area (Å²) in [6.45, 7) is 3.36. The Labute approximate surface area is 155 Å². The molecule has 0 aliphatic heterocycles. The Kier molecular flexibility index (Phi) is 5.63.